The quantitative estimate of drug-likeness (QED) is 0.737. The second-order valence-corrected chi connectivity index (χ2v) is 5.25. The predicted octanol–water partition coefficient (Wildman–Crippen LogP) is 2.82. The third-order valence-electron chi connectivity index (χ3n) is 3.13. The second-order valence-electron chi connectivity index (χ2n) is 5.25. The van der Waals surface area contributed by atoms with Crippen molar-refractivity contribution in [1.29, 1.82) is 0 Å². The first-order valence-corrected chi connectivity index (χ1v) is 6.24. The number of nitrogens with two attached hydrogens (primary N) is 1. The summed E-state index contributed by atoms with van der Waals surface area (Å²) in [5.74, 6) is 0.780. The molecule has 0 aliphatic rings. The third-order valence-corrected chi connectivity index (χ3v) is 3.13. The van der Waals surface area contributed by atoms with Gasteiger partial charge < -0.3 is 10.7 Å². The highest BCUT2D eigenvalue weighted by atomic mass is 14.9. The smallest absolute Gasteiger partial charge is 0.157 e. The van der Waals surface area contributed by atoms with Gasteiger partial charge in [-0.1, -0.05) is 12.1 Å². The average Bonchev–Trinajstić information content (AvgIpc) is 2.81. The van der Waals surface area contributed by atoms with Gasteiger partial charge in [0.25, 0.3) is 0 Å². The van der Waals surface area contributed by atoms with E-state index in [9.17, 15) is 0 Å². The van der Waals surface area contributed by atoms with E-state index in [0.717, 1.165) is 28.1 Å². The third kappa shape index (κ3) is 2.22. The van der Waals surface area contributed by atoms with E-state index < -0.39 is 0 Å². The highest BCUT2D eigenvalue weighted by Crippen LogP contribution is 2.23. The SMILES string of the molecule is CC(C)(N)c1ccc2nc(-c3ccccn3)[nH]c2c1. The lowest BCUT2D eigenvalue weighted by molar-refractivity contribution is 0.555. The number of benzene rings is 1. The van der Waals surface area contributed by atoms with E-state index >= 15 is 0 Å². The first-order valence-electron chi connectivity index (χ1n) is 6.24. The number of pyridine rings is 1. The van der Waals surface area contributed by atoms with E-state index in [1.807, 2.05) is 44.2 Å². The monoisotopic (exact) mass is 252 g/mol. The molecule has 4 heteroatoms. The van der Waals surface area contributed by atoms with Gasteiger partial charge >= 0.3 is 0 Å². The molecule has 0 aliphatic heterocycles. The molecule has 0 atom stereocenters. The molecule has 19 heavy (non-hydrogen) atoms. The lowest BCUT2D eigenvalue weighted by atomic mass is 9.95. The van der Waals surface area contributed by atoms with Gasteiger partial charge in [-0.25, -0.2) is 4.98 Å². The maximum absolute atomic E-state index is 6.12. The molecule has 0 saturated heterocycles. The fourth-order valence-electron chi connectivity index (χ4n) is 2.03. The molecule has 96 valence electrons. The minimum Gasteiger partial charge on any atom is -0.337 e. The molecule has 3 rings (SSSR count). The van der Waals surface area contributed by atoms with Crippen molar-refractivity contribution in [3.8, 4) is 11.5 Å². The first kappa shape index (κ1) is 11.9. The number of imidazole rings is 1. The van der Waals surface area contributed by atoms with E-state index in [1.54, 1.807) is 6.20 Å². The van der Waals surface area contributed by atoms with Crippen LogP contribution in [0.2, 0.25) is 0 Å². The Morgan fingerprint density at radius 3 is 2.68 bits per heavy atom. The maximum atomic E-state index is 6.12. The molecule has 0 unspecified atom stereocenters. The van der Waals surface area contributed by atoms with Crippen LogP contribution in [0.3, 0.4) is 0 Å². The molecule has 1 aromatic carbocycles. The molecule has 0 fully saturated rings. The molecule has 0 amide bonds. The van der Waals surface area contributed by atoms with E-state index in [-0.39, 0.29) is 5.54 Å². The normalized spacial score (nSPS) is 11.9. The zero-order chi connectivity index (χ0) is 13.5. The van der Waals surface area contributed by atoms with Crippen LogP contribution in [0, 0.1) is 0 Å². The van der Waals surface area contributed by atoms with Crippen molar-refractivity contribution in [2.45, 2.75) is 19.4 Å². The molecule has 0 bridgehead atoms. The van der Waals surface area contributed by atoms with Crippen LogP contribution in [0.5, 0.6) is 0 Å². The number of aromatic amines is 1. The summed E-state index contributed by atoms with van der Waals surface area (Å²) in [7, 11) is 0. The van der Waals surface area contributed by atoms with E-state index in [2.05, 4.69) is 21.0 Å². The van der Waals surface area contributed by atoms with Crippen LogP contribution < -0.4 is 5.73 Å². The predicted molar refractivity (Wildman–Crippen MR) is 76.5 cm³/mol. The Labute approximate surface area is 111 Å². The van der Waals surface area contributed by atoms with Crippen LogP contribution in [0.1, 0.15) is 19.4 Å². The molecule has 0 saturated carbocycles. The minimum atomic E-state index is -0.357. The van der Waals surface area contributed by atoms with E-state index in [4.69, 9.17) is 5.73 Å². The molecular weight excluding hydrogens is 236 g/mol. The maximum Gasteiger partial charge on any atom is 0.157 e. The van der Waals surface area contributed by atoms with Gasteiger partial charge in [-0.15, -0.1) is 0 Å². The Morgan fingerprint density at radius 2 is 2.00 bits per heavy atom. The number of hydrogen-bond acceptors (Lipinski definition) is 3. The molecule has 3 aromatic rings. The summed E-state index contributed by atoms with van der Waals surface area (Å²) >= 11 is 0. The van der Waals surface area contributed by atoms with Crippen molar-refractivity contribution in [2.24, 2.45) is 5.73 Å². The van der Waals surface area contributed by atoms with Gasteiger partial charge in [-0.05, 0) is 43.7 Å². The Hall–Kier alpha value is -2.20. The van der Waals surface area contributed by atoms with Crippen molar-refractivity contribution in [2.75, 3.05) is 0 Å². The van der Waals surface area contributed by atoms with Crippen molar-refractivity contribution in [3.63, 3.8) is 0 Å². The van der Waals surface area contributed by atoms with E-state index in [0.29, 0.717) is 0 Å². The number of nitrogens with zero attached hydrogens (tertiary/aromatic N) is 2. The van der Waals surface area contributed by atoms with Crippen LogP contribution in [-0.4, -0.2) is 15.0 Å². The van der Waals surface area contributed by atoms with Gasteiger partial charge in [-0.3, -0.25) is 4.98 Å². The molecule has 3 N–H and O–H groups in total. The van der Waals surface area contributed by atoms with Crippen molar-refractivity contribution < 1.29 is 0 Å². The average molecular weight is 252 g/mol. The number of nitrogens with one attached hydrogen (secondary N) is 1. The number of aromatic nitrogens is 3. The fraction of sp³-hybridized carbons (Fsp3) is 0.200. The fourth-order valence-corrected chi connectivity index (χ4v) is 2.03. The number of rotatable bonds is 2. The van der Waals surface area contributed by atoms with Gasteiger partial charge in [0.1, 0.15) is 5.69 Å². The first-order chi connectivity index (χ1) is 9.04. The second kappa shape index (κ2) is 4.17. The molecule has 0 aliphatic carbocycles. The number of hydrogen-bond donors (Lipinski definition) is 2. The van der Waals surface area contributed by atoms with E-state index in [1.165, 1.54) is 0 Å². The molecule has 2 aromatic heterocycles. The van der Waals surface area contributed by atoms with Crippen LogP contribution in [-0.2, 0) is 5.54 Å². The van der Waals surface area contributed by atoms with Gasteiger partial charge in [0.05, 0.1) is 11.0 Å². The highest BCUT2D eigenvalue weighted by molar-refractivity contribution is 5.79. The van der Waals surface area contributed by atoms with Crippen LogP contribution in [0.15, 0.2) is 42.6 Å². The standard InChI is InChI=1S/C15H16N4/c1-15(2,16)10-6-7-11-13(9-10)19-14(18-11)12-5-3-4-8-17-12/h3-9H,16H2,1-2H3,(H,18,19). The van der Waals surface area contributed by atoms with Gasteiger partial charge in [0.2, 0.25) is 0 Å². The van der Waals surface area contributed by atoms with Crippen molar-refractivity contribution >= 4 is 11.0 Å². The minimum absolute atomic E-state index is 0.357. The Kier molecular flexibility index (Phi) is 2.61. The summed E-state index contributed by atoms with van der Waals surface area (Å²) in [4.78, 5) is 12.1. The summed E-state index contributed by atoms with van der Waals surface area (Å²) in [6, 6.07) is 11.8. The largest absolute Gasteiger partial charge is 0.337 e. The summed E-state index contributed by atoms with van der Waals surface area (Å²) < 4.78 is 0. The summed E-state index contributed by atoms with van der Waals surface area (Å²) in [5, 5.41) is 0. The Bertz CT molecular complexity index is 708. The summed E-state index contributed by atoms with van der Waals surface area (Å²) in [5.41, 5.74) is 9.59. The van der Waals surface area contributed by atoms with Crippen LogP contribution in [0.25, 0.3) is 22.6 Å². The van der Waals surface area contributed by atoms with Gasteiger partial charge in [0.15, 0.2) is 5.82 Å². The summed E-state index contributed by atoms with van der Waals surface area (Å²) in [6.45, 7) is 3.98. The topological polar surface area (TPSA) is 67.6 Å². The molecular formula is C15H16N4. The zero-order valence-corrected chi connectivity index (χ0v) is 11.0. The Morgan fingerprint density at radius 1 is 1.16 bits per heavy atom. The zero-order valence-electron chi connectivity index (χ0n) is 11.0. The number of H-pyrrole nitrogens is 1. The molecule has 4 nitrogen and oxygen atoms in total. The van der Waals surface area contributed by atoms with Crippen LogP contribution >= 0.6 is 0 Å². The lowest BCUT2D eigenvalue weighted by Crippen LogP contribution is -2.28. The molecule has 0 radical (unpaired) electrons. The number of fused-ring (bicyclic) bond motifs is 1. The van der Waals surface area contributed by atoms with Crippen LogP contribution in [0.4, 0.5) is 0 Å². The molecule has 0 spiro atoms. The Balaban J connectivity index is 2.12. The van der Waals surface area contributed by atoms with Gasteiger partial charge in [0, 0.05) is 11.7 Å². The summed E-state index contributed by atoms with van der Waals surface area (Å²) in [6.07, 6.45) is 1.76. The highest BCUT2D eigenvalue weighted by Gasteiger charge is 2.15. The lowest BCUT2D eigenvalue weighted by Gasteiger charge is -2.18. The van der Waals surface area contributed by atoms with Gasteiger partial charge in [-0.2, -0.15) is 0 Å². The van der Waals surface area contributed by atoms with Crippen molar-refractivity contribution in [1.82, 2.24) is 15.0 Å². The molecule has 2 heterocycles. The van der Waals surface area contributed by atoms with Crippen molar-refractivity contribution in [3.05, 3.63) is 48.2 Å².